The van der Waals surface area contributed by atoms with Gasteiger partial charge in [0, 0.05) is 0 Å². The van der Waals surface area contributed by atoms with Crippen LogP contribution in [0, 0.1) is 0 Å². The molecule has 0 heterocycles. The molecule has 18 heavy (non-hydrogen) atoms. The van der Waals surface area contributed by atoms with Crippen LogP contribution in [0.15, 0.2) is 22.1 Å². The first-order chi connectivity index (χ1) is 6.91. The van der Waals surface area contributed by atoms with Crippen LogP contribution in [-0.4, -0.2) is 23.1 Å². The average molecular weight is 367 g/mol. The normalized spacial score (nSPS) is 17.1. The standard InChI is InChI=1S/C5H5.C3H9OSi.CH3O.CH3.2ClH.O.H2Si.Ti/c1-2-4-5-3-1;1-5(2,3)4;1-2;;;;;;/h1-3H,4H2;1-3H3;1H3;1H3;2*1H;;1H2;/q;2*-1;;;;;;+2. The molecule has 0 saturated heterocycles. The van der Waals surface area contributed by atoms with E-state index in [9.17, 15) is 3.32 Å². The van der Waals surface area contributed by atoms with Crippen molar-refractivity contribution in [2.24, 2.45) is 0 Å². The summed E-state index contributed by atoms with van der Waals surface area (Å²) in [7, 11) is 0.989. The van der Waals surface area contributed by atoms with Gasteiger partial charge >= 0.3 is 99.6 Å². The fourth-order valence-corrected chi connectivity index (χ4v) is 22.8. The van der Waals surface area contributed by atoms with Gasteiger partial charge in [-0.05, 0) is 0 Å². The minimum atomic E-state index is -5.12. The van der Waals surface area contributed by atoms with Gasteiger partial charge in [-0.1, -0.05) is 0 Å². The summed E-state index contributed by atoms with van der Waals surface area (Å²) in [5, 5.41) is 1.69. The average Bonchev–Trinajstić information content (AvgIpc) is 2.52. The van der Waals surface area contributed by atoms with Gasteiger partial charge in [-0.2, -0.15) is 0 Å². The van der Waals surface area contributed by atoms with Crippen molar-refractivity contribution in [2.45, 2.75) is 31.3 Å². The van der Waals surface area contributed by atoms with Crippen molar-refractivity contribution in [1.82, 2.24) is 0 Å². The van der Waals surface area contributed by atoms with E-state index in [4.69, 9.17) is 6.33 Å². The SMILES string of the molecule is C[O][Ti]([CH3])(=[O])(=[SiH2])([O][Si](C)(C)C)[C]1=CC=CC1.Cl.Cl. The van der Waals surface area contributed by atoms with Crippen molar-refractivity contribution in [1.29, 1.82) is 0 Å². The molecule has 0 aliphatic heterocycles. The first kappa shape index (κ1) is 21.2. The topological polar surface area (TPSA) is 35.5 Å². The summed E-state index contributed by atoms with van der Waals surface area (Å²) in [6, 6.07) is 0. The first-order valence-electron chi connectivity index (χ1n) is 5.55. The molecule has 0 saturated carbocycles. The molecule has 0 aromatic heterocycles. The quantitative estimate of drug-likeness (QED) is 0.716. The summed E-state index contributed by atoms with van der Waals surface area (Å²) < 4.78 is 26.0. The number of hydrogen-bond acceptors (Lipinski definition) is 3. The van der Waals surface area contributed by atoms with E-state index >= 15 is 0 Å². The van der Waals surface area contributed by atoms with Crippen molar-refractivity contribution in [3.63, 3.8) is 0 Å². The monoisotopic (exact) mass is 366 g/mol. The van der Waals surface area contributed by atoms with Crippen molar-refractivity contribution in [3.8, 4) is 0 Å². The van der Waals surface area contributed by atoms with E-state index in [-0.39, 0.29) is 24.8 Å². The molecule has 0 aromatic carbocycles. The van der Waals surface area contributed by atoms with Crippen LogP contribution >= 0.6 is 24.8 Å². The Morgan fingerprint density at radius 2 is 1.83 bits per heavy atom. The summed E-state index contributed by atoms with van der Waals surface area (Å²) in [6.45, 7) is 6.11. The Kier molecular flexibility index (Phi) is 6.33. The Balaban J connectivity index is 0. The Morgan fingerprint density at radius 1 is 1.33 bits per heavy atom. The molecule has 1 rings (SSSR count). The van der Waals surface area contributed by atoms with Crippen molar-refractivity contribution in [2.75, 3.05) is 7.11 Å². The third kappa shape index (κ3) is 4.49. The minimum Gasteiger partial charge on any atom is -0.147 e. The molecule has 0 unspecified atom stereocenters. The third-order valence-corrected chi connectivity index (χ3v) is 20.2. The Bertz CT molecular complexity index is 536. The number of rotatable bonds is 4. The molecule has 0 atom stereocenters. The maximum absolute atomic E-state index is 13.5. The van der Waals surface area contributed by atoms with Gasteiger partial charge in [-0.3, -0.25) is 0 Å². The van der Waals surface area contributed by atoms with Crippen LogP contribution in [0.2, 0.25) is 24.9 Å². The summed E-state index contributed by atoms with van der Waals surface area (Å²) in [4.78, 5) is 0. The van der Waals surface area contributed by atoms with Gasteiger partial charge in [0.05, 0.1) is 0 Å². The van der Waals surface area contributed by atoms with Gasteiger partial charge in [0.1, 0.15) is 0 Å². The zero-order chi connectivity index (χ0) is 12.7. The van der Waals surface area contributed by atoms with Crippen molar-refractivity contribution in [3.05, 3.63) is 22.1 Å². The fourth-order valence-electron chi connectivity index (χ4n) is 2.15. The largest absolute Gasteiger partial charge is 0.147 e. The Labute approximate surface area is 124 Å². The van der Waals surface area contributed by atoms with Gasteiger partial charge in [-0.25, -0.2) is 0 Å². The fraction of sp³-hybridized carbons (Fsp3) is 0.600. The molecule has 0 bridgehead atoms. The first-order valence-corrected chi connectivity index (χ1v) is 17.2. The van der Waals surface area contributed by atoms with E-state index in [1.807, 2.05) is 37.9 Å². The van der Waals surface area contributed by atoms with Crippen molar-refractivity contribution < 1.29 is 23.2 Å². The van der Waals surface area contributed by atoms with E-state index in [0.717, 1.165) is 3.88 Å². The molecule has 3 nitrogen and oxygen atoms in total. The molecule has 8 heteroatoms. The van der Waals surface area contributed by atoms with E-state index < -0.39 is 21.8 Å². The maximum Gasteiger partial charge on any atom is -0.147 e. The molecule has 0 spiro atoms. The molecule has 1 aliphatic rings. The summed E-state index contributed by atoms with van der Waals surface area (Å²) in [5.74, 6) is 0. The summed E-state index contributed by atoms with van der Waals surface area (Å²) in [6.07, 6.45) is 6.46. The molecular formula is C10H24Cl2O3Si2Ti. The van der Waals surface area contributed by atoms with E-state index in [1.54, 1.807) is 5.23 Å². The zero-order valence-corrected chi connectivity index (χ0v) is 17.3. The van der Waals surface area contributed by atoms with E-state index in [1.165, 1.54) is 14.7 Å². The van der Waals surface area contributed by atoms with Crippen LogP contribution in [-0.2, 0) is 23.2 Å². The van der Waals surface area contributed by atoms with Gasteiger partial charge in [0.2, 0.25) is 0 Å². The molecular weight excluding hydrogens is 343 g/mol. The zero-order valence-electron chi connectivity index (χ0n) is 11.7. The summed E-state index contributed by atoms with van der Waals surface area (Å²) >= 11 is -5.12. The minimum absolute atomic E-state index is 0. The van der Waals surface area contributed by atoms with E-state index in [2.05, 4.69) is 0 Å². The predicted octanol–water partition coefficient (Wildman–Crippen LogP) is 3.17. The number of halogens is 2. The second kappa shape index (κ2) is 5.37. The van der Waals surface area contributed by atoms with Crippen LogP contribution in [0.4, 0.5) is 0 Å². The maximum atomic E-state index is 13.5. The van der Waals surface area contributed by atoms with Crippen LogP contribution in [0.25, 0.3) is 0 Å². The molecule has 0 N–H and O–H groups in total. The second-order valence-corrected chi connectivity index (χ2v) is 28.5. The number of hydrogen-bond donors (Lipinski definition) is 0. The van der Waals surface area contributed by atoms with Gasteiger partial charge < -0.3 is 0 Å². The van der Waals surface area contributed by atoms with Crippen LogP contribution in [0.3, 0.4) is 0 Å². The number of allylic oxidation sites excluding steroid dienone is 4. The molecule has 0 amide bonds. The molecule has 108 valence electrons. The van der Waals surface area contributed by atoms with Crippen LogP contribution < -0.4 is 0 Å². The predicted molar refractivity (Wildman–Crippen MR) is 82.9 cm³/mol. The van der Waals surface area contributed by atoms with E-state index in [0.29, 0.717) is 6.42 Å². The van der Waals surface area contributed by atoms with Gasteiger partial charge in [0.15, 0.2) is 0 Å². The molecule has 1 aliphatic carbocycles. The third-order valence-electron chi connectivity index (χ3n) is 2.94. The van der Waals surface area contributed by atoms with Crippen molar-refractivity contribution >= 4 is 40.8 Å². The molecule has 0 fully saturated rings. The molecule has 0 radical (unpaired) electrons. The Hall–Kier alpha value is 0.928. The van der Waals surface area contributed by atoms with Crippen LogP contribution in [0.5, 0.6) is 0 Å². The molecule has 0 aromatic rings. The van der Waals surface area contributed by atoms with Crippen LogP contribution in [0.1, 0.15) is 6.42 Å². The van der Waals surface area contributed by atoms with Gasteiger partial charge in [-0.15, -0.1) is 24.8 Å². The smallest absolute Gasteiger partial charge is 0.147 e. The van der Waals surface area contributed by atoms with Gasteiger partial charge in [0.25, 0.3) is 0 Å². The summed E-state index contributed by atoms with van der Waals surface area (Å²) in [5.41, 5.74) is 0. The second-order valence-electron chi connectivity index (χ2n) is 6.12. The Morgan fingerprint density at radius 3 is 2.11 bits per heavy atom.